The predicted octanol–water partition coefficient (Wildman–Crippen LogP) is 3.63. The normalized spacial score (nSPS) is 25.5. The number of nitrogens with zero attached hydrogens (tertiary/aromatic N) is 2. The van der Waals surface area contributed by atoms with Crippen LogP contribution in [0.2, 0.25) is 0 Å². The molecule has 4 nitrogen and oxygen atoms in total. The quantitative estimate of drug-likeness (QED) is 0.881. The van der Waals surface area contributed by atoms with Crippen LogP contribution in [0.1, 0.15) is 36.5 Å². The van der Waals surface area contributed by atoms with Gasteiger partial charge in [-0.05, 0) is 55.6 Å². The van der Waals surface area contributed by atoms with Crippen molar-refractivity contribution in [1.29, 1.82) is 0 Å². The molecular weight excluding hydrogens is 346 g/mol. The second-order valence-electron chi connectivity index (χ2n) is 8.34. The van der Waals surface area contributed by atoms with Crippen molar-refractivity contribution in [3.63, 3.8) is 0 Å². The Balaban J connectivity index is 1.40. The smallest absolute Gasteiger partial charge is 0.140 e. The van der Waals surface area contributed by atoms with Crippen LogP contribution in [-0.4, -0.2) is 50.2 Å². The number of rotatable bonds is 4. The van der Waals surface area contributed by atoms with Gasteiger partial charge >= 0.3 is 0 Å². The molecule has 2 fully saturated rings. The van der Waals surface area contributed by atoms with Crippen molar-refractivity contribution in [2.45, 2.75) is 37.8 Å². The maximum absolute atomic E-state index is 6.72. The van der Waals surface area contributed by atoms with E-state index in [2.05, 4.69) is 63.6 Å². The maximum Gasteiger partial charge on any atom is 0.140 e. The Morgan fingerprint density at radius 2 is 1.68 bits per heavy atom. The lowest BCUT2D eigenvalue weighted by Gasteiger charge is -2.36. The topological polar surface area (TPSA) is 27.7 Å². The molecular formula is C24H31N3O. The molecule has 2 atom stereocenters. The number of piperazine rings is 1. The van der Waals surface area contributed by atoms with Crippen LogP contribution in [0.15, 0.2) is 48.5 Å². The average molecular weight is 378 g/mol. The Kier molecular flexibility index (Phi) is 5.24. The molecule has 3 aliphatic rings. The van der Waals surface area contributed by atoms with Gasteiger partial charge in [-0.25, -0.2) is 0 Å². The van der Waals surface area contributed by atoms with Crippen LogP contribution >= 0.6 is 0 Å². The lowest BCUT2D eigenvalue weighted by atomic mass is 10.0. The average Bonchev–Trinajstić information content (AvgIpc) is 3.14. The van der Waals surface area contributed by atoms with Gasteiger partial charge in [0.15, 0.2) is 0 Å². The van der Waals surface area contributed by atoms with Crippen molar-refractivity contribution in [3.8, 4) is 5.75 Å². The SMILES string of the molecule is c1cc(OC2c3ccccc3C[C@H]2N2CCCCC2)cc(N2CCNCC2)c1. The molecule has 1 N–H and O–H groups in total. The van der Waals surface area contributed by atoms with Gasteiger partial charge in [0.2, 0.25) is 0 Å². The van der Waals surface area contributed by atoms with Crippen LogP contribution in [0.4, 0.5) is 5.69 Å². The Bertz CT molecular complexity index is 796. The van der Waals surface area contributed by atoms with Crippen molar-refractivity contribution in [2.75, 3.05) is 44.2 Å². The molecule has 0 radical (unpaired) electrons. The Morgan fingerprint density at radius 1 is 0.857 bits per heavy atom. The summed E-state index contributed by atoms with van der Waals surface area (Å²) in [5.74, 6) is 1.000. The summed E-state index contributed by atoms with van der Waals surface area (Å²) in [4.78, 5) is 5.13. The Hall–Kier alpha value is -2.04. The molecule has 0 amide bonds. The van der Waals surface area contributed by atoms with Gasteiger partial charge in [-0.1, -0.05) is 36.8 Å². The van der Waals surface area contributed by atoms with E-state index in [1.807, 2.05) is 0 Å². The highest BCUT2D eigenvalue weighted by atomic mass is 16.5. The number of ether oxygens (including phenoxy) is 1. The molecule has 0 aromatic heterocycles. The number of hydrogen-bond acceptors (Lipinski definition) is 4. The third-order valence-corrected chi connectivity index (χ3v) is 6.56. The van der Waals surface area contributed by atoms with Gasteiger partial charge in [-0.2, -0.15) is 0 Å². The maximum atomic E-state index is 6.72. The minimum absolute atomic E-state index is 0.132. The molecule has 2 saturated heterocycles. The van der Waals surface area contributed by atoms with E-state index in [4.69, 9.17) is 4.74 Å². The highest BCUT2D eigenvalue weighted by Crippen LogP contribution is 2.39. The van der Waals surface area contributed by atoms with Gasteiger partial charge in [-0.3, -0.25) is 4.90 Å². The minimum atomic E-state index is 0.132. The summed E-state index contributed by atoms with van der Waals surface area (Å²) in [6, 6.07) is 18.0. The van der Waals surface area contributed by atoms with Crippen molar-refractivity contribution >= 4 is 5.69 Å². The Morgan fingerprint density at radius 3 is 2.54 bits per heavy atom. The monoisotopic (exact) mass is 377 g/mol. The summed E-state index contributed by atoms with van der Waals surface area (Å²) in [5.41, 5.74) is 4.12. The minimum Gasteiger partial charge on any atom is -0.484 e. The number of nitrogens with one attached hydrogen (secondary N) is 1. The van der Waals surface area contributed by atoms with Gasteiger partial charge in [0, 0.05) is 37.9 Å². The van der Waals surface area contributed by atoms with Crippen LogP contribution in [-0.2, 0) is 6.42 Å². The first-order valence-electron chi connectivity index (χ1n) is 10.9. The van der Waals surface area contributed by atoms with E-state index < -0.39 is 0 Å². The Labute approximate surface area is 168 Å². The molecule has 2 heterocycles. The number of anilines is 1. The van der Waals surface area contributed by atoms with Crippen LogP contribution in [0.3, 0.4) is 0 Å². The summed E-state index contributed by atoms with van der Waals surface area (Å²) in [7, 11) is 0. The van der Waals surface area contributed by atoms with Gasteiger partial charge in [0.05, 0.1) is 6.04 Å². The highest BCUT2D eigenvalue weighted by Gasteiger charge is 2.38. The fourth-order valence-corrected chi connectivity index (χ4v) is 5.07. The van der Waals surface area contributed by atoms with E-state index in [-0.39, 0.29) is 6.10 Å². The molecule has 28 heavy (non-hydrogen) atoms. The molecule has 4 heteroatoms. The highest BCUT2D eigenvalue weighted by molar-refractivity contribution is 5.51. The van der Waals surface area contributed by atoms with E-state index in [1.54, 1.807) is 0 Å². The van der Waals surface area contributed by atoms with E-state index in [1.165, 1.54) is 49.2 Å². The number of likely N-dealkylation sites (tertiary alicyclic amines) is 1. The summed E-state index contributed by atoms with van der Waals surface area (Å²) in [5, 5.41) is 3.43. The van der Waals surface area contributed by atoms with E-state index >= 15 is 0 Å². The fourth-order valence-electron chi connectivity index (χ4n) is 5.07. The molecule has 0 saturated carbocycles. The number of hydrogen-bond donors (Lipinski definition) is 1. The fraction of sp³-hybridized carbons (Fsp3) is 0.500. The number of piperidine rings is 1. The van der Waals surface area contributed by atoms with Crippen molar-refractivity contribution in [2.24, 2.45) is 0 Å². The van der Waals surface area contributed by atoms with E-state index in [0.29, 0.717) is 6.04 Å². The molecule has 148 valence electrons. The van der Waals surface area contributed by atoms with Crippen LogP contribution in [0.5, 0.6) is 5.75 Å². The first-order valence-corrected chi connectivity index (χ1v) is 10.9. The van der Waals surface area contributed by atoms with E-state index in [9.17, 15) is 0 Å². The van der Waals surface area contributed by atoms with Gasteiger partial charge in [-0.15, -0.1) is 0 Å². The zero-order chi connectivity index (χ0) is 18.8. The number of fused-ring (bicyclic) bond motifs is 1. The molecule has 2 aromatic carbocycles. The predicted molar refractivity (Wildman–Crippen MR) is 114 cm³/mol. The first kappa shape index (κ1) is 18.0. The lowest BCUT2D eigenvalue weighted by molar-refractivity contribution is 0.0648. The van der Waals surface area contributed by atoms with Crippen LogP contribution in [0, 0.1) is 0 Å². The first-order chi connectivity index (χ1) is 13.9. The standard InChI is InChI=1S/C24H31N3O/c1-4-13-27(14-5-1)23-17-19-7-2-3-10-22(19)24(23)28-21-9-6-8-20(18-21)26-15-11-25-12-16-26/h2-3,6-10,18,23-25H,1,4-5,11-17H2/t23-,24?/m1/s1. The molecule has 1 unspecified atom stereocenters. The van der Waals surface area contributed by atoms with Crippen molar-refractivity contribution in [3.05, 3.63) is 59.7 Å². The zero-order valence-corrected chi connectivity index (χ0v) is 16.6. The van der Waals surface area contributed by atoms with Crippen molar-refractivity contribution < 1.29 is 4.74 Å². The molecule has 5 rings (SSSR count). The van der Waals surface area contributed by atoms with Gasteiger partial charge in [0.1, 0.15) is 11.9 Å². The van der Waals surface area contributed by atoms with Gasteiger partial charge < -0.3 is 15.0 Å². The van der Waals surface area contributed by atoms with Gasteiger partial charge in [0.25, 0.3) is 0 Å². The molecule has 0 bridgehead atoms. The van der Waals surface area contributed by atoms with Crippen LogP contribution < -0.4 is 15.0 Å². The second kappa shape index (κ2) is 8.14. The van der Waals surface area contributed by atoms with E-state index in [0.717, 1.165) is 38.3 Å². The summed E-state index contributed by atoms with van der Waals surface area (Å²) < 4.78 is 6.72. The molecule has 1 aliphatic carbocycles. The summed E-state index contributed by atoms with van der Waals surface area (Å²) in [6.07, 6.45) is 5.25. The molecule has 2 aliphatic heterocycles. The second-order valence-corrected chi connectivity index (χ2v) is 8.34. The number of benzene rings is 2. The third kappa shape index (κ3) is 3.63. The molecule has 0 spiro atoms. The summed E-state index contributed by atoms with van der Waals surface area (Å²) >= 11 is 0. The zero-order valence-electron chi connectivity index (χ0n) is 16.6. The largest absolute Gasteiger partial charge is 0.484 e. The molecule has 2 aromatic rings. The lowest BCUT2D eigenvalue weighted by Crippen LogP contribution is -2.43. The van der Waals surface area contributed by atoms with Crippen molar-refractivity contribution in [1.82, 2.24) is 10.2 Å². The third-order valence-electron chi connectivity index (χ3n) is 6.56. The van der Waals surface area contributed by atoms with Crippen LogP contribution in [0.25, 0.3) is 0 Å². The summed E-state index contributed by atoms with van der Waals surface area (Å²) in [6.45, 7) is 6.65.